The molecule has 1 saturated carbocycles. The molecule has 1 aliphatic carbocycles. The minimum atomic E-state index is -0.378. The van der Waals surface area contributed by atoms with Crippen LogP contribution in [0.15, 0.2) is 41.5 Å². The molecule has 0 bridgehead atoms. The van der Waals surface area contributed by atoms with Gasteiger partial charge in [0.25, 0.3) is 0 Å². The summed E-state index contributed by atoms with van der Waals surface area (Å²) in [6.07, 6.45) is 5.67. The zero-order valence-corrected chi connectivity index (χ0v) is 14.5. The van der Waals surface area contributed by atoms with Gasteiger partial charge in [0.15, 0.2) is 0 Å². The molecular weight excluding hydrogens is 334 g/mol. The Kier molecular flexibility index (Phi) is 4.10. The van der Waals surface area contributed by atoms with Crippen LogP contribution in [0.3, 0.4) is 0 Å². The maximum atomic E-state index is 12.6. The Balaban J connectivity index is 1.95. The first-order valence-electron chi connectivity index (χ1n) is 8.45. The van der Waals surface area contributed by atoms with Crippen LogP contribution >= 0.6 is 0 Å². The summed E-state index contributed by atoms with van der Waals surface area (Å²) < 4.78 is 1.55. The number of hydrogen-bond acceptors (Lipinski definition) is 6. The number of nitrogens with one attached hydrogen (secondary N) is 1. The SMILES string of the molecule is CNc1ccc(-c2ccn3c(=O)c(OOO)cc(C4CC4)c3c2C)cn1. The van der Waals surface area contributed by atoms with E-state index in [2.05, 4.69) is 20.2 Å². The van der Waals surface area contributed by atoms with Gasteiger partial charge < -0.3 is 10.2 Å². The fourth-order valence-corrected chi connectivity index (χ4v) is 3.39. The van der Waals surface area contributed by atoms with Crippen molar-refractivity contribution in [1.29, 1.82) is 0 Å². The summed E-state index contributed by atoms with van der Waals surface area (Å²) in [4.78, 5) is 21.6. The average Bonchev–Trinajstić information content (AvgIpc) is 3.50. The van der Waals surface area contributed by atoms with Crippen LogP contribution in [0.1, 0.15) is 29.9 Å². The van der Waals surface area contributed by atoms with E-state index in [9.17, 15) is 4.79 Å². The Morgan fingerprint density at radius 1 is 1.31 bits per heavy atom. The van der Waals surface area contributed by atoms with Crippen molar-refractivity contribution in [1.82, 2.24) is 9.38 Å². The lowest BCUT2D eigenvalue weighted by Gasteiger charge is -2.15. The highest BCUT2D eigenvalue weighted by Crippen LogP contribution is 2.44. The topological polar surface area (TPSA) is 85.1 Å². The van der Waals surface area contributed by atoms with Crippen molar-refractivity contribution in [2.24, 2.45) is 0 Å². The molecular formula is C19H19N3O4. The number of hydrogen-bond donors (Lipinski definition) is 2. The second-order valence-corrected chi connectivity index (χ2v) is 6.46. The Morgan fingerprint density at radius 3 is 2.73 bits per heavy atom. The molecule has 0 aliphatic heterocycles. The quantitative estimate of drug-likeness (QED) is 0.540. The summed E-state index contributed by atoms with van der Waals surface area (Å²) in [5.41, 5.74) is 4.53. The average molecular weight is 353 g/mol. The van der Waals surface area contributed by atoms with Crippen molar-refractivity contribution in [2.75, 3.05) is 12.4 Å². The van der Waals surface area contributed by atoms with Gasteiger partial charge in [-0.05, 0) is 71.7 Å². The molecule has 0 saturated heterocycles. The monoisotopic (exact) mass is 353 g/mol. The van der Waals surface area contributed by atoms with E-state index in [0.717, 1.165) is 46.4 Å². The smallest absolute Gasteiger partial charge is 0.301 e. The van der Waals surface area contributed by atoms with Crippen LogP contribution in [-0.2, 0) is 5.04 Å². The van der Waals surface area contributed by atoms with Crippen molar-refractivity contribution in [2.45, 2.75) is 25.7 Å². The number of aryl methyl sites for hydroxylation is 1. The third kappa shape index (κ3) is 2.71. The van der Waals surface area contributed by atoms with Crippen molar-refractivity contribution >= 4 is 11.3 Å². The van der Waals surface area contributed by atoms with Crippen molar-refractivity contribution in [3.05, 3.63) is 58.1 Å². The number of pyridine rings is 3. The maximum absolute atomic E-state index is 12.6. The zero-order chi connectivity index (χ0) is 18.3. The maximum Gasteiger partial charge on any atom is 0.301 e. The zero-order valence-electron chi connectivity index (χ0n) is 14.5. The number of aromatic nitrogens is 2. The van der Waals surface area contributed by atoms with Gasteiger partial charge in [0.1, 0.15) is 5.82 Å². The van der Waals surface area contributed by atoms with E-state index in [-0.39, 0.29) is 11.3 Å². The van der Waals surface area contributed by atoms with E-state index in [1.54, 1.807) is 16.7 Å². The van der Waals surface area contributed by atoms with Gasteiger partial charge in [0.2, 0.25) is 5.75 Å². The molecule has 2 N–H and O–H groups in total. The van der Waals surface area contributed by atoms with Crippen molar-refractivity contribution in [3.63, 3.8) is 0 Å². The Morgan fingerprint density at radius 2 is 2.12 bits per heavy atom. The van der Waals surface area contributed by atoms with Gasteiger partial charge in [0.05, 0.1) is 5.52 Å². The summed E-state index contributed by atoms with van der Waals surface area (Å²) in [7, 11) is 1.83. The molecule has 7 heteroatoms. The highest BCUT2D eigenvalue weighted by Gasteiger charge is 2.29. The lowest BCUT2D eigenvalue weighted by Crippen LogP contribution is -2.18. The van der Waals surface area contributed by atoms with Crippen LogP contribution in [0.2, 0.25) is 0 Å². The first-order valence-corrected chi connectivity index (χ1v) is 8.45. The van der Waals surface area contributed by atoms with Crippen LogP contribution < -0.4 is 15.8 Å². The van der Waals surface area contributed by atoms with E-state index in [4.69, 9.17) is 5.26 Å². The Hall–Kier alpha value is -2.90. The molecule has 7 nitrogen and oxygen atoms in total. The molecule has 3 heterocycles. The van der Waals surface area contributed by atoms with Crippen molar-refractivity contribution in [3.8, 4) is 16.9 Å². The van der Waals surface area contributed by atoms with Crippen LogP contribution in [0.4, 0.5) is 5.82 Å². The third-order valence-electron chi connectivity index (χ3n) is 4.85. The van der Waals surface area contributed by atoms with Crippen LogP contribution in [-0.4, -0.2) is 21.7 Å². The van der Waals surface area contributed by atoms with Gasteiger partial charge in [-0.3, -0.25) is 9.20 Å². The number of anilines is 1. The highest BCUT2D eigenvalue weighted by molar-refractivity contribution is 5.77. The molecule has 0 unspecified atom stereocenters. The molecule has 1 aliphatic rings. The van der Waals surface area contributed by atoms with E-state index in [0.29, 0.717) is 5.92 Å². The molecule has 3 aromatic heterocycles. The van der Waals surface area contributed by atoms with Crippen LogP contribution in [0.25, 0.3) is 16.6 Å². The molecule has 4 rings (SSSR count). The fourth-order valence-electron chi connectivity index (χ4n) is 3.39. The third-order valence-corrected chi connectivity index (χ3v) is 4.85. The molecule has 0 atom stereocenters. The highest BCUT2D eigenvalue weighted by atomic mass is 17.5. The van der Waals surface area contributed by atoms with Crippen molar-refractivity contribution < 1.29 is 15.2 Å². The van der Waals surface area contributed by atoms with Gasteiger partial charge in [-0.15, -0.1) is 0 Å². The standard InChI is InChI=1S/C19H19N3O4/c1-11-14(13-5-6-17(20-2)21-10-13)7-8-22-18(11)15(12-3-4-12)9-16(19(22)23)25-26-24/h5-10,12,24H,3-4H2,1-2H3,(H,20,21). The number of nitrogens with zero attached hydrogens (tertiary/aromatic N) is 2. The first-order chi connectivity index (χ1) is 12.6. The van der Waals surface area contributed by atoms with Crippen LogP contribution in [0, 0.1) is 6.92 Å². The van der Waals surface area contributed by atoms with Crippen LogP contribution in [0.5, 0.6) is 5.75 Å². The molecule has 3 aromatic rings. The van der Waals surface area contributed by atoms with E-state index >= 15 is 0 Å². The van der Waals surface area contributed by atoms with Gasteiger partial charge in [0, 0.05) is 25.0 Å². The van der Waals surface area contributed by atoms with Gasteiger partial charge >= 0.3 is 5.56 Å². The first kappa shape index (κ1) is 16.6. The fraction of sp³-hybridized carbons (Fsp3) is 0.263. The predicted molar refractivity (Wildman–Crippen MR) is 97.5 cm³/mol. The Bertz CT molecular complexity index is 1020. The summed E-state index contributed by atoms with van der Waals surface area (Å²) in [6.45, 7) is 2.01. The van der Waals surface area contributed by atoms with Gasteiger partial charge in [-0.2, -0.15) is 0 Å². The molecule has 26 heavy (non-hydrogen) atoms. The molecule has 1 fully saturated rings. The lowest BCUT2D eigenvalue weighted by molar-refractivity contribution is -0.439. The minimum absolute atomic E-state index is 0.0286. The molecule has 0 amide bonds. The second kappa shape index (κ2) is 6.44. The molecule has 0 aromatic carbocycles. The summed E-state index contributed by atoms with van der Waals surface area (Å²) >= 11 is 0. The normalized spacial score (nSPS) is 13.8. The lowest BCUT2D eigenvalue weighted by atomic mass is 9.98. The minimum Gasteiger partial charge on any atom is -0.373 e. The van der Waals surface area contributed by atoms with Gasteiger partial charge in [-0.1, -0.05) is 0 Å². The second-order valence-electron chi connectivity index (χ2n) is 6.46. The summed E-state index contributed by atoms with van der Waals surface area (Å²) in [6, 6.07) is 7.48. The van der Waals surface area contributed by atoms with Gasteiger partial charge in [-0.25, -0.2) is 10.2 Å². The molecule has 0 spiro atoms. The molecule has 134 valence electrons. The van der Waals surface area contributed by atoms with E-state index in [1.165, 1.54) is 0 Å². The Labute approximate surface area is 149 Å². The predicted octanol–water partition coefficient (Wildman–Crippen LogP) is 3.37. The number of fused-ring (bicyclic) bond motifs is 1. The summed E-state index contributed by atoms with van der Waals surface area (Å²) in [5.74, 6) is 1.15. The number of rotatable bonds is 5. The van der Waals surface area contributed by atoms with E-state index in [1.807, 2.05) is 38.4 Å². The molecule has 0 radical (unpaired) electrons. The largest absolute Gasteiger partial charge is 0.373 e. The van der Waals surface area contributed by atoms with E-state index < -0.39 is 0 Å². The summed E-state index contributed by atoms with van der Waals surface area (Å²) in [5, 5.41) is 15.3.